The molecule has 106 valence electrons. The maximum Gasteiger partial charge on any atom is 0.324 e. The van der Waals surface area contributed by atoms with Crippen LogP contribution in [0.4, 0.5) is 16.3 Å². The number of amides is 2. The highest BCUT2D eigenvalue weighted by Crippen LogP contribution is 2.12. The van der Waals surface area contributed by atoms with Crippen molar-refractivity contribution in [3.05, 3.63) is 53.9 Å². The molecule has 1 aromatic carbocycles. The van der Waals surface area contributed by atoms with E-state index in [9.17, 15) is 4.79 Å². The highest BCUT2D eigenvalue weighted by atomic mass is 16.2. The first kappa shape index (κ1) is 13.1. The minimum Gasteiger partial charge on any atom is -0.308 e. The Hall–Kier alpha value is -2.89. The molecule has 3 aromatic rings. The van der Waals surface area contributed by atoms with Crippen LogP contribution >= 0.6 is 0 Å². The monoisotopic (exact) mass is 281 g/mol. The predicted octanol–water partition coefficient (Wildman–Crippen LogP) is 2.99. The second kappa shape index (κ2) is 5.24. The Morgan fingerprint density at radius 1 is 1.10 bits per heavy atom. The van der Waals surface area contributed by atoms with Gasteiger partial charge in [0, 0.05) is 23.6 Å². The maximum absolute atomic E-state index is 11.9. The zero-order valence-corrected chi connectivity index (χ0v) is 11.8. The van der Waals surface area contributed by atoms with E-state index in [0.717, 1.165) is 16.9 Å². The molecule has 0 aliphatic carbocycles. The van der Waals surface area contributed by atoms with Gasteiger partial charge in [-0.3, -0.25) is 5.32 Å². The number of aromatic nitrogens is 3. The highest BCUT2D eigenvalue weighted by Gasteiger charge is 2.08. The molecule has 0 unspecified atom stereocenters. The fourth-order valence-corrected chi connectivity index (χ4v) is 1.99. The molecule has 2 aromatic heterocycles. The maximum atomic E-state index is 11.9. The van der Waals surface area contributed by atoms with Gasteiger partial charge in [-0.05, 0) is 32.0 Å². The molecule has 0 aliphatic heterocycles. The van der Waals surface area contributed by atoms with E-state index in [1.165, 1.54) is 0 Å². The quantitative estimate of drug-likeness (QED) is 0.758. The number of benzene rings is 1. The third kappa shape index (κ3) is 2.84. The summed E-state index contributed by atoms with van der Waals surface area (Å²) in [5.41, 5.74) is 3.52. The van der Waals surface area contributed by atoms with Crippen molar-refractivity contribution >= 4 is 23.2 Å². The Balaban J connectivity index is 1.74. The lowest BCUT2D eigenvalue weighted by Gasteiger charge is -2.05. The Kier molecular flexibility index (Phi) is 3.27. The number of nitrogens with one attached hydrogen (secondary N) is 2. The van der Waals surface area contributed by atoms with Crippen molar-refractivity contribution < 1.29 is 4.79 Å². The molecule has 0 radical (unpaired) electrons. The Bertz CT molecular complexity index is 791. The third-order valence-corrected chi connectivity index (χ3v) is 3.10. The Labute approximate surface area is 121 Å². The smallest absolute Gasteiger partial charge is 0.308 e. The van der Waals surface area contributed by atoms with Crippen molar-refractivity contribution in [2.24, 2.45) is 0 Å². The van der Waals surface area contributed by atoms with Gasteiger partial charge in [0.15, 0.2) is 11.5 Å². The van der Waals surface area contributed by atoms with Gasteiger partial charge in [0.25, 0.3) is 0 Å². The molecule has 0 saturated carbocycles. The van der Waals surface area contributed by atoms with Crippen molar-refractivity contribution in [2.75, 3.05) is 10.6 Å². The number of hydrogen-bond acceptors (Lipinski definition) is 3. The van der Waals surface area contributed by atoms with Crippen LogP contribution in [-0.2, 0) is 0 Å². The summed E-state index contributed by atoms with van der Waals surface area (Å²) in [4.78, 5) is 16.1. The zero-order valence-electron chi connectivity index (χ0n) is 11.8. The largest absolute Gasteiger partial charge is 0.324 e. The molecule has 0 spiro atoms. The number of fused-ring (bicyclic) bond motifs is 1. The summed E-state index contributed by atoms with van der Waals surface area (Å²) in [5.74, 6) is 0.460. The van der Waals surface area contributed by atoms with Gasteiger partial charge in [-0.15, -0.1) is 5.10 Å². The number of rotatable bonds is 2. The molecule has 6 heteroatoms. The van der Waals surface area contributed by atoms with Crippen LogP contribution in [0.25, 0.3) is 5.65 Å². The molecule has 0 bridgehead atoms. The number of aryl methyl sites for hydroxylation is 2. The van der Waals surface area contributed by atoms with Crippen molar-refractivity contribution in [3.63, 3.8) is 0 Å². The van der Waals surface area contributed by atoms with E-state index in [0.29, 0.717) is 11.5 Å². The summed E-state index contributed by atoms with van der Waals surface area (Å²) in [6, 6.07) is 10.8. The number of carbonyl (C=O) groups is 1. The first-order valence-corrected chi connectivity index (χ1v) is 6.58. The Morgan fingerprint density at radius 2 is 1.86 bits per heavy atom. The van der Waals surface area contributed by atoms with E-state index in [1.54, 1.807) is 16.8 Å². The highest BCUT2D eigenvalue weighted by molar-refractivity contribution is 5.99. The van der Waals surface area contributed by atoms with Crippen LogP contribution in [0, 0.1) is 13.8 Å². The molecule has 2 N–H and O–H groups in total. The lowest BCUT2D eigenvalue weighted by atomic mass is 10.2. The second-order valence-corrected chi connectivity index (χ2v) is 4.83. The van der Waals surface area contributed by atoms with Crippen LogP contribution in [0.3, 0.4) is 0 Å². The van der Waals surface area contributed by atoms with Crippen LogP contribution in [0.15, 0.2) is 42.6 Å². The summed E-state index contributed by atoms with van der Waals surface area (Å²) in [6.45, 7) is 3.92. The van der Waals surface area contributed by atoms with Crippen molar-refractivity contribution in [1.82, 2.24) is 14.6 Å². The fourth-order valence-electron chi connectivity index (χ4n) is 1.99. The molecular weight excluding hydrogens is 266 g/mol. The van der Waals surface area contributed by atoms with Gasteiger partial charge in [0.1, 0.15) is 0 Å². The number of urea groups is 1. The number of anilines is 2. The molecule has 2 heterocycles. The molecule has 21 heavy (non-hydrogen) atoms. The average Bonchev–Trinajstić information content (AvgIpc) is 2.85. The topological polar surface area (TPSA) is 71.3 Å². The second-order valence-electron chi connectivity index (χ2n) is 4.83. The van der Waals surface area contributed by atoms with Crippen LogP contribution in [-0.4, -0.2) is 20.6 Å². The number of nitrogens with zero attached hydrogens (tertiary/aromatic N) is 3. The van der Waals surface area contributed by atoms with Crippen LogP contribution < -0.4 is 10.6 Å². The standard InChI is InChI=1S/C15H15N5O/c1-10-3-5-12(6-4-10)17-15(21)18-13-9-14-16-8-7-11(2)20(14)19-13/h3-9H,1-2H3,(H2,17,18,19,21). The van der Waals surface area contributed by atoms with E-state index in [4.69, 9.17) is 0 Å². The summed E-state index contributed by atoms with van der Waals surface area (Å²) < 4.78 is 1.68. The van der Waals surface area contributed by atoms with Crippen molar-refractivity contribution in [2.45, 2.75) is 13.8 Å². The minimum atomic E-state index is -0.333. The zero-order chi connectivity index (χ0) is 14.8. The van der Waals surface area contributed by atoms with Gasteiger partial charge < -0.3 is 5.32 Å². The number of carbonyl (C=O) groups excluding carboxylic acids is 1. The van der Waals surface area contributed by atoms with Gasteiger partial charge in [-0.1, -0.05) is 17.7 Å². The van der Waals surface area contributed by atoms with Crippen LogP contribution in [0.1, 0.15) is 11.3 Å². The summed E-state index contributed by atoms with van der Waals surface area (Å²) >= 11 is 0. The van der Waals surface area contributed by atoms with Gasteiger partial charge in [-0.2, -0.15) is 0 Å². The van der Waals surface area contributed by atoms with Crippen molar-refractivity contribution in [1.29, 1.82) is 0 Å². The summed E-state index contributed by atoms with van der Waals surface area (Å²) in [7, 11) is 0. The molecule has 0 saturated heterocycles. The minimum absolute atomic E-state index is 0.333. The normalized spacial score (nSPS) is 10.6. The van der Waals surface area contributed by atoms with E-state index in [1.807, 2.05) is 44.2 Å². The Morgan fingerprint density at radius 3 is 2.57 bits per heavy atom. The number of hydrogen-bond donors (Lipinski definition) is 2. The third-order valence-electron chi connectivity index (χ3n) is 3.10. The van der Waals surface area contributed by atoms with E-state index in [-0.39, 0.29) is 6.03 Å². The first-order chi connectivity index (χ1) is 10.1. The molecule has 6 nitrogen and oxygen atoms in total. The van der Waals surface area contributed by atoms with Gasteiger partial charge in [0.2, 0.25) is 0 Å². The summed E-state index contributed by atoms with van der Waals surface area (Å²) in [5, 5.41) is 9.75. The van der Waals surface area contributed by atoms with Gasteiger partial charge in [0.05, 0.1) is 0 Å². The molecular formula is C15H15N5O. The SMILES string of the molecule is Cc1ccc(NC(=O)Nc2cc3nccc(C)n3n2)cc1. The molecule has 0 atom stereocenters. The van der Waals surface area contributed by atoms with E-state index >= 15 is 0 Å². The van der Waals surface area contributed by atoms with E-state index in [2.05, 4.69) is 20.7 Å². The molecule has 2 amide bonds. The molecule has 0 aliphatic rings. The van der Waals surface area contributed by atoms with Crippen molar-refractivity contribution in [3.8, 4) is 0 Å². The lowest BCUT2D eigenvalue weighted by Crippen LogP contribution is -2.19. The molecule has 3 rings (SSSR count). The first-order valence-electron chi connectivity index (χ1n) is 6.58. The lowest BCUT2D eigenvalue weighted by molar-refractivity contribution is 0.262. The average molecular weight is 281 g/mol. The van der Waals surface area contributed by atoms with E-state index < -0.39 is 0 Å². The van der Waals surface area contributed by atoms with Crippen LogP contribution in [0.2, 0.25) is 0 Å². The predicted molar refractivity (Wildman–Crippen MR) is 81.5 cm³/mol. The van der Waals surface area contributed by atoms with Gasteiger partial charge >= 0.3 is 6.03 Å². The fraction of sp³-hybridized carbons (Fsp3) is 0.133. The molecule has 0 fully saturated rings. The summed E-state index contributed by atoms with van der Waals surface area (Å²) in [6.07, 6.45) is 1.71. The van der Waals surface area contributed by atoms with Gasteiger partial charge in [-0.25, -0.2) is 14.3 Å². The van der Waals surface area contributed by atoms with Crippen LogP contribution in [0.5, 0.6) is 0 Å².